The number of nitrogens with one attached hydrogen (secondary N) is 1. The SMILES string of the molecule is C=CCCC(Nc1nn2c(=O)ccnc2s1)c1ccccc1. The van der Waals surface area contributed by atoms with Gasteiger partial charge in [0.25, 0.3) is 5.56 Å². The molecule has 0 saturated carbocycles. The second-order valence-electron chi connectivity index (χ2n) is 4.86. The Morgan fingerprint density at radius 2 is 2.14 bits per heavy atom. The zero-order valence-electron chi connectivity index (χ0n) is 12.0. The lowest BCUT2D eigenvalue weighted by atomic mass is 10.0. The van der Waals surface area contributed by atoms with Crippen LogP contribution in [0.4, 0.5) is 5.13 Å². The van der Waals surface area contributed by atoms with Crippen molar-refractivity contribution in [3.8, 4) is 0 Å². The molecule has 2 aromatic heterocycles. The van der Waals surface area contributed by atoms with Crippen molar-refractivity contribution in [2.75, 3.05) is 5.32 Å². The summed E-state index contributed by atoms with van der Waals surface area (Å²) in [6.07, 6.45) is 5.22. The minimum Gasteiger partial charge on any atom is -0.353 e. The second kappa shape index (κ2) is 6.53. The van der Waals surface area contributed by atoms with Crippen LogP contribution in [-0.4, -0.2) is 14.6 Å². The Morgan fingerprint density at radius 1 is 1.32 bits per heavy atom. The molecule has 0 fully saturated rings. The highest BCUT2D eigenvalue weighted by Gasteiger charge is 2.14. The van der Waals surface area contributed by atoms with E-state index in [-0.39, 0.29) is 11.6 Å². The third-order valence-corrected chi connectivity index (χ3v) is 4.18. The summed E-state index contributed by atoms with van der Waals surface area (Å²) in [5, 5.41) is 8.40. The third kappa shape index (κ3) is 3.07. The van der Waals surface area contributed by atoms with E-state index in [0.717, 1.165) is 12.8 Å². The van der Waals surface area contributed by atoms with Gasteiger partial charge in [0.2, 0.25) is 10.1 Å². The predicted octanol–water partition coefficient (Wildman–Crippen LogP) is 3.27. The Morgan fingerprint density at radius 3 is 2.86 bits per heavy atom. The average Bonchev–Trinajstić information content (AvgIpc) is 2.96. The Kier molecular flexibility index (Phi) is 4.29. The summed E-state index contributed by atoms with van der Waals surface area (Å²) >= 11 is 1.37. The number of benzene rings is 1. The molecule has 3 rings (SSSR count). The van der Waals surface area contributed by atoms with Gasteiger partial charge >= 0.3 is 0 Å². The molecule has 0 spiro atoms. The van der Waals surface area contributed by atoms with Crippen LogP contribution in [0.1, 0.15) is 24.4 Å². The first kappa shape index (κ1) is 14.5. The summed E-state index contributed by atoms with van der Waals surface area (Å²) in [7, 11) is 0. The van der Waals surface area contributed by atoms with E-state index in [9.17, 15) is 4.79 Å². The van der Waals surface area contributed by atoms with Gasteiger partial charge in [-0.15, -0.1) is 11.7 Å². The number of hydrogen-bond acceptors (Lipinski definition) is 5. The molecule has 2 heterocycles. The third-order valence-electron chi connectivity index (χ3n) is 3.33. The number of hydrogen-bond donors (Lipinski definition) is 1. The zero-order chi connectivity index (χ0) is 15.4. The summed E-state index contributed by atoms with van der Waals surface area (Å²) in [6, 6.07) is 11.7. The summed E-state index contributed by atoms with van der Waals surface area (Å²) < 4.78 is 1.32. The van der Waals surface area contributed by atoms with Gasteiger partial charge in [0.15, 0.2) is 0 Å². The van der Waals surface area contributed by atoms with Crippen LogP contribution < -0.4 is 10.9 Å². The quantitative estimate of drug-likeness (QED) is 0.710. The van der Waals surface area contributed by atoms with Crippen molar-refractivity contribution in [3.05, 3.63) is 71.2 Å². The summed E-state index contributed by atoms with van der Waals surface area (Å²) in [4.78, 5) is 16.5. The van der Waals surface area contributed by atoms with E-state index >= 15 is 0 Å². The molecule has 1 unspecified atom stereocenters. The zero-order valence-corrected chi connectivity index (χ0v) is 12.8. The van der Waals surface area contributed by atoms with Gasteiger partial charge in [0, 0.05) is 12.3 Å². The molecule has 0 aliphatic carbocycles. The van der Waals surface area contributed by atoms with Crippen molar-refractivity contribution in [2.45, 2.75) is 18.9 Å². The fraction of sp³-hybridized carbons (Fsp3) is 0.188. The van der Waals surface area contributed by atoms with Gasteiger partial charge < -0.3 is 5.32 Å². The first-order valence-corrected chi connectivity index (χ1v) is 7.87. The minimum absolute atomic E-state index is 0.121. The van der Waals surface area contributed by atoms with Crippen molar-refractivity contribution in [3.63, 3.8) is 0 Å². The molecular weight excluding hydrogens is 296 g/mol. The molecule has 112 valence electrons. The molecule has 0 aliphatic rings. The van der Waals surface area contributed by atoms with E-state index in [1.807, 2.05) is 24.3 Å². The van der Waals surface area contributed by atoms with Crippen molar-refractivity contribution in [1.82, 2.24) is 14.6 Å². The van der Waals surface area contributed by atoms with E-state index < -0.39 is 0 Å². The van der Waals surface area contributed by atoms with E-state index in [0.29, 0.717) is 10.1 Å². The lowest BCUT2D eigenvalue weighted by molar-refractivity contribution is 0.700. The summed E-state index contributed by atoms with van der Waals surface area (Å²) in [5.74, 6) is 0. The number of nitrogens with zero attached hydrogens (tertiary/aromatic N) is 3. The van der Waals surface area contributed by atoms with Gasteiger partial charge in [0.1, 0.15) is 0 Å². The molecule has 3 aromatic rings. The van der Waals surface area contributed by atoms with Crippen LogP contribution in [0.3, 0.4) is 0 Å². The molecule has 0 aliphatic heterocycles. The van der Waals surface area contributed by atoms with Crippen molar-refractivity contribution in [1.29, 1.82) is 0 Å². The maximum absolute atomic E-state index is 11.7. The van der Waals surface area contributed by atoms with Crippen LogP contribution in [0.25, 0.3) is 4.96 Å². The molecule has 0 radical (unpaired) electrons. The van der Waals surface area contributed by atoms with Gasteiger partial charge in [-0.3, -0.25) is 4.79 Å². The second-order valence-corrected chi connectivity index (χ2v) is 5.81. The van der Waals surface area contributed by atoms with Crippen LogP contribution in [0, 0.1) is 0 Å². The highest BCUT2D eigenvalue weighted by atomic mass is 32.1. The monoisotopic (exact) mass is 312 g/mol. The van der Waals surface area contributed by atoms with Crippen molar-refractivity contribution >= 4 is 21.4 Å². The van der Waals surface area contributed by atoms with Crippen LogP contribution in [0.2, 0.25) is 0 Å². The topological polar surface area (TPSA) is 59.3 Å². The van der Waals surface area contributed by atoms with Gasteiger partial charge in [-0.1, -0.05) is 47.7 Å². The maximum Gasteiger partial charge on any atom is 0.275 e. The normalized spacial score (nSPS) is 12.2. The Balaban J connectivity index is 1.89. The Labute approximate surface area is 132 Å². The standard InChI is InChI=1S/C16H16N4OS/c1-2-3-9-13(12-7-5-4-6-8-12)18-15-19-20-14(21)10-11-17-16(20)22-15/h2,4-8,10-11,13H,1,3,9H2,(H,18,19). The molecule has 1 N–H and O–H groups in total. The fourth-order valence-corrected chi connectivity index (χ4v) is 3.07. The lowest BCUT2D eigenvalue weighted by Gasteiger charge is -2.17. The number of allylic oxidation sites excluding steroid dienone is 1. The highest BCUT2D eigenvalue weighted by Crippen LogP contribution is 2.26. The number of aromatic nitrogens is 3. The maximum atomic E-state index is 11.7. The largest absolute Gasteiger partial charge is 0.353 e. The molecule has 5 nitrogen and oxygen atoms in total. The van der Waals surface area contributed by atoms with Crippen LogP contribution in [-0.2, 0) is 0 Å². The molecule has 1 aromatic carbocycles. The minimum atomic E-state index is -0.170. The number of rotatable bonds is 6. The van der Waals surface area contributed by atoms with Gasteiger partial charge in [0.05, 0.1) is 6.04 Å². The van der Waals surface area contributed by atoms with Gasteiger partial charge in [-0.05, 0) is 18.4 Å². The van der Waals surface area contributed by atoms with E-state index in [1.54, 1.807) is 0 Å². The van der Waals surface area contributed by atoms with E-state index in [2.05, 4.69) is 34.1 Å². The smallest absolute Gasteiger partial charge is 0.275 e. The summed E-state index contributed by atoms with van der Waals surface area (Å²) in [5.41, 5.74) is 1.01. The molecule has 0 saturated heterocycles. The molecule has 0 bridgehead atoms. The molecular formula is C16H16N4OS. The van der Waals surface area contributed by atoms with E-state index in [1.165, 1.54) is 33.7 Å². The Hall–Kier alpha value is -2.47. The fourth-order valence-electron chi connectivity index (χ4n) is 2.24. The van der Waals surface area contributed by atoms with Gasteiger partial charge in [-0.25, -0.2) is 4.98 Å². The number of anilines is 1. The highest BCUT2D eigenvalue weighted by molar-refractivity contribution is 7.20. The first-order valence-electron chi connectivity index (χ1n) is 7.05. The van der Waals surface area contributed by atoms with Crippen LogP contribution in [0.5, 0.6) is 0 Å². The molecule has 0 amide bonds. The van der Waals surface area contributed by atoms with Crippen LogP contribution in [0.15, 0.2) is 60.0 Å². The van der Waals surface area contributed by atoms with Crippen molar-refractivity contribution < 1.29 is 0 Å². The lowest BCUT2D eigenvalue weighted by Crippen LogP contribution is -2.14. The van der Waals surface area contributed by atoms with Crippen LogP contribution >= 0.6 is 11.3 Å². The molecule has 1 atom stereocenters. The Bertz CT molecular complexity index is 825. The van der Waals surface area contributed by atoms with Gasteiger partial charge in [-0.2, -0.15) is 4.52 Å². The van der Waals surface area contributed by atoms with Crippen molar-refractivity contribution in [2.24, 2.45) is 0 Å². The molecule has 22 heavy (non-hydrogen) atoms. The van der Waals surface area contributed by atoms with E-state index in [4.69, 9.17) is 0 Å². The summed E-state index contributed by atoms with van der Waals surface area (Å²) in [6.45, 7) is 3.78. The predicted molar refractivity (Wildman–Crippen MR) is 89.4 cm³/mol. The number of fused-ring (bicyclic) bond motifs is 1. The first-order chi connectivity index (χ1) is 10.8. The molecule has 6 heteroatoms. The average molecular weight is 312 g/mol.